The second-order valence-electron chi connectivity index (χ2n) is 5.84. The number of para-hydroxylation sites is 1. The van der Waals surface area contributed by atoms with Crippen molar-refractivity contribution >= 4 is 29.9 Å². The molecule has 0 aliphatic rings. The normalized spacial score (nSPS) is 10.3. The molecule has 0 radical (unpaired) electrons. The van der Waals surface area contributed by atoms with E-state index >= 15 is 0 Å². The number of hydrogen-bond acceptors (Lipinski definition) is 4. The standard InChI is InChI=1S/C22H27N3O3.HI/c1-5-13-28-21-14-17(11-12-20(21)27-4)15-24-22(23-6-2)25-16-18-9-7-8-10-19(18)26-3;/h1,7-12,14H,6,13,15-16H2,2-4H3,(H2,23,24,25);1H. The van der Waals surface area contributed by atoms with Crippen molar-refractivity contribution in [1.82, 2.24) is 10.6 Å². The predicted molar refractivity (Wildman–Crippen MR) is 127 cm³/mol. The molecule has 0 bridgehead atoms. The van der Waals surface area contributed by atoms with Crippen LogP contribution in [0.1, 0.15) is 18.1 Å². The average Bonchev–Trinajstić information content (AvgIpc) is 2.74. The second-order valence-corrected chi connectivity index (χ2v) is 5.84. The Hall–Kier alpha value is -2.60. The van der Waals surface area contributed by atoms with Gasteiger partial charge in [-0.05, 0) is 30.7 Å². The fourth-order valence-electron chi connectivity index (χ4n) is 2.59. The molecule has 0 spiro atoms. The summed E-state index contributed by atoms with van der Waals surface area (Å²) in [6.07, 6.45) is 5.28. The molecule has 0 aliphatic carbocycles. The fourth-order valence-corrected chi connectivity index (χ4v) is 2.59. The molecule has 0 amide bonds. The van der Waals surface area contributed by atoms with Crippen molar-refractivity contribution in [2.45, 2.75) is 20.0 Å². The van der Waals surface area contributed by atoms with Crippen LogP contribution in [-0.2, 0) is 13.1 Å². The van der Waals surface area contributed by atoms with Gasteiger partial charge in [-0.2, -0.15) is 0 Å². The number of halogens is 1. The van der Waals surface area contributed by atoms with Crippen LogP contribution in [0.2, 0.25) is 0 Å². The van der Waals surface area contributed by atoms with Gasteiger partial charge in [-0.25, -0.2) is 4.99 Å². The van der Waals surface area contributed by atoms with E-state index in [1.807, 2.05) is 49.4 Å². The van der Waals surface area contributed by atoms with Gasteiger partial charge in [0.05, 0.1) is 20.8 Å². The van der Waals surface area contributed by atoms with Crippen LogP contribution in [0.5, 0.6) is 17.2 Å². The van der Waals surface area contributed by atoms with Crippen molar-refractivity contribution in [3.05, 3.63) is 53.6 Å². The molecule has 2 aromatic carbocycles. The summed E-state index contributed by atoms with van der Waals surface area (Å²) < 4.78 is 16.2. The third-order valence-electron chi connectivity index (χ3n) is 3.94. The Morgan fingerprint density at radius 1 is 1.03 bits per heavy atom. The van der Waals surface area contributed by atoms with Gasteiger partial charge in [-0.3, -0.25) is 0 Å². The van der Waals surface area contributed by atoms with Crippen molar-refractivity contribution in [3.8, 4) is 29.6 Å². The minimum absolute atomic E-state index is 0. The first kappa shape index (κ1) is 24.4. The summed E-state index contributed by atoms with van der Waals surface area (Å²) in [5, 5.41) is 6.58. The summed E-state index contributed by atoms with van der Waals surface area (Å²) in [4.78, 5) is 4.65. The molecule has 0 fully saturated rings. The molecule has 29 heavy (non-hydrogen) atoms. The Kier molecular flexibility index (Phi) is 11.4. The van der Waals surface area contributed by atoms with Crippen molar-refractivity contribution in [2.75, 3.05) is 27.4 Å². The van der Waals surface area contributed by atoms with Crippen molar-refractivity contribution in [1.29, 1.82) is 0 Å². The van der Waals surface area contributed by atoms with E-state index in [0.29, 0.717) is 24.6 Å². The molecule has 156 valence electrons. The van der Waals surface area contributed by atoms with Crippen molar-refractivity contribution in [3.63, 3.8) is 0 Å². The number of rotatable bonds is 9. The van der Waals surface area contributed by atoms with Crippen LogP contribution in [0.3, 0.4) is 0 Å². The molecule has 0 aliphatic heterocycles. The highest BCUT2D eigenvalue weighted by atomic mass is 127. The van der Waals surface area contributed by atoms with E-state index in [4.69, 9.17) is 20.6 Å². The van der Waals surface area contributed by atoms with E-state index < -0.39 is 0 Å². The molecule has 2 aromatic rings. The van der Waals surface area contributed by atoms with Crippen LogP contribution in [0.15, 0.2) is 47.5 Å². The minimum atomic E-state index is 0. The maximum absolute atomic E-state index is 5.55. The zero-order valence-electron chi connectivity index (χ0n) is 17.0. The van der Waals surface area contributed by atoms with Gasteiger partial charge in [0.2, 0.25) is 0 Å². The molecular formula is C22H28IN3O3. The van der Waals surface area contributed by atoms with Crippen molar-refractivity contribution < 1.29 is 14.2 Å². The van der Waals surface area contributed by atoms with E-state index in [-0.39, 0.29) is 30.6 Å². The zero-order chi connectivity index (χ0) is 20.2. The molecule has 0 saturated heterocycles. The molecule has 0 unspecified atom stereocenters. The lowest BCUT2D eigenvalue weighted by atomic mass is 10.2. The Morgan fingerprint density at radius 2 is 1.79 bits per heavy atom. The first-order valence-electron chi connectivity index (χ1n) is 9.09. The number of ether oxygens (including phenoxy) is 3. The highest BCUT2D eigenvalue weighted by molar-refractivity contribution is 14.0. The van der Waals surface area contributed by atoms with Gasteiger partial charge < -0.3 is 24.8 Å². The quantitative estimate of drug-likeness (QED) is 0.234. The number of benzene rings is 2. The highest BCUT2D eigenvalue weighted by Crippen LogP contribution is 2.28. The van der Waals surface area contributed by atoms with Crippen LogP contribution in [0, 0.1) is 12.3 Å². The summed E-state index contributed by atoms with van der Waals surface area (Å²) in [7, 11) is 3.27. The van der Waals surface area contributed by atoms with Gasteiger partial charge in [0.1, 0.15) is 12.4 Å². The van der Waals surface area contributed by atoms with E-state index in [2.05, 4.69) is 21.5 Å². The smallest absolute Gasteiger partial charge is 0.191 e. The van der Waals surface area contributed by atoms with Gasteiger partial charge in [0.15, 0.2) is 17.5 Å². The molecule has 6 nitrogen and oxygen atoms in total. The fraction of sp³-hybridized carbons (Fsp3) is 0.318. The van der Waals surface area contributed by atoms with E-state index in [0.717, 1.165) is 29.4 Å². The Balaban J connectivity index is 0.00000420. The van der Waals surface area contributed by atoms with Gasteiger partial charge >= 0.3 is 0 Å². The molecule has 7 heteroatoms. The first-order chi connectivity index (χ1) is 13.7. The number of nitrogens with zero attached hydrogens (tertiary/aromatic N) is 1. The molecule has 2 rings (SSSR count). The lowest BCUT2D eigenvalue weighted by Gasteiger charge is -2.14. The monoisotopic (exact) mass is 509 g/mol. The maximum atomic E-state index is 5.55. The topological polar surface area (TPSA) is 64.1 Å². The van der Waals surface area contributed by atoms with E-state index in [1.54, 1.807) is 14.2 Å². The molecule has 0 saturated carbocycles. The van der Waals surface area contributed by atoms with Crippen LogP contribution in [0.25, 0.3) is 0 Å². The molecule has 0 aromatic heterocycles. The Morgan fingerprint density at radius 3 is 2.48 bits per heavy atom. The number of hydrogen-bond donors (Lipinski definition) is 2. The number of terminal acetylenes is 1. The van der Waals surface area contributed by atoms with Gasteiger partial charge in [0.25, 0.3) is 0 Å². The molecular weight excluding hydrogens is 481 g/mol. The lowest BCUT2D eigenvalue weighted by Crippen LogP contribution is -2.36. The SMILES string of the molecule is C#CCOc1cc(CN=C(NCC)NCc2ccccc2OC)ccc1OC.I. The Labute approximate surface area is 190 Å². The van der Waals surface area contributed by atoms with E-state index in [1.165, 1.54) is 0 Å². The predicted octanol–water partition coefficient (Wildman–Crippen LogP) is 3.59. The molecule has 0 atom stereocenters. The number of methoxy groups -OCH3 is 2. The summed E-state index contributed by atoms with van der Waals surface area (Å²) >= 11 is 0. The van der Waals surface area contributed by atoms with Gasteiger partial charge in [-0.1, -0.05) is 30.2 Å². The van der Waals surface area contributed by atoms with Crippen molar-refractivity contribution in [2.24, 2.45) is 4.99 Å². The number of nitrogens with one attached hydrogen (secondary N) is 2. The lowest BCUT2D eigenvalue weighted by molar-refractivity contribution is 0.330. The van der Waals surface area contributed by atoms with Crippen LogP contribution < -0.4 is 24.8 Å². The largest absolute Gasteiger partial charge is 0.496 e. The minimum Gasteiger partial charge on any atom is -0.496 e. The zero-order valence-corrected chi connectivity index (χ0v) is 19.4. The van der Waals surface area contributed by atoms with Crippen LogP contribution >= 0.6 is 24.0 Å². The van der Waals surface area contributed by atoms with Crippen LogP contribution in [-0.4, -0.2) is 33.3 Å². The first-order valence-corrected chi connectivity index (χ1v) is 9.09. The summed E-state index contributed by atoms with van der Waals surface area (Å²) in [5.41, 5.74) is 2.05. The summed E-state index contributed by atoms with van der Waals surface area (Å²) in [5.74, 6) is 5.28. The molecule has 2 N–H and O–H groups in total. The van der Waals surface area contributed by atoms with Gasteiger partial charge in [0, 0.05) is 18.7 Å². The van der Waals surface area contributed by atoms with Gasteiger partial charge in [-0.15, -0.1) is 30.4 Å². The average molecular weight is 509 g/mol. The molecule has 0 heterocycles. The third kappa shape index (κ3) is 7.74. The highest BCUT2D eigenvalue weighted by Gasteiger charge is 2.07. The summed E-state index contributed by atoms with van der Waals surface area (Å²) in [6.45, 7) is 4.06. The van der Waals surface area contributed by atoms with E-state index in [9.17, 15) is 0 Å². The maximum Gasteiger partial charge on any atom is 0.191 e. The Bertz CT molecular complexity index is 834. The number of aliphatic imine (C=N–C) groups is 1. The third-order valence-corrected chi connectivity index (χ3v) is 3.94. The van der Waals surface area contributed by atoms with Crippen LogP contribution in [0.4, 0.5) is 0 Å². The second kappa shape index (κ2) is 13.6. The number of guanidine groups is 1. The summed E-state index contributed by atoms with van der Waals surface area (Å²) in [6, 6.07) is 13.6.